The van der Waals surface area contributed by atoms with Gasteiger partial charge in [0.2, 0.25) is 5.91 Å². The molecule has 0 bridgehead atoms. The summed E-state index contributed by atoms with van der Waals surface area (Å²) in [5.74, 6) is -0.897. The Balaban J connectivity index is 1.40. The molecule has 1 aliphatic carbocycles. The smallest absolute Gasteiger partial charge is 0.408 e. The van der Waals surface area contributed by atoms with Crippen LogP contribution in [0.3, 0.4) is 0 Å². The number of carbonyl (C=O) groups is 1. The Labute approximate surface area is 148 Å². The number of hydrogen-bond acceptors (Lipinski definition) is 5. The standard InChI is InChI=1S/C18H18N4O4/c23-16(11-21-14-6-1-2-7-15(14)26-18(21)25)19-8-9-22-17(24)10-12-4-3-5-13(12)20-22/h1-2,6-7,10H,3-5,8-9,11H2,(H,19,23). The number of hydrogen-bond donors (Lipinski definition) is 1. The van der Waals surface area contributed by atoms with E-state index in [-0.39, 0.29) is 24.6 Å². The van der Waals surface area contributed by atoms with Gasteiger partial charge < -0.3 is 9.73 Å². The van der Waals surface area contributed by atoms with Crippen molar-refractivity contribution >= 4 is 17.0 Å². The zero-order valence-corrected chi connectivity index (χ0v) is 14.1. The van der Waals surface area contributed by atoms with Gasteiger partial charge in [-0.15, -0.1) is 0 Å². The first-order valence-corrected chi connectivity index (χ1v) is 8.57. The third-order valence-corrected chi connectivity index (χ3v) is 4.55. The van der Waals surface area contributed by atoms with E-state index >= 15 is 0 Å². The highest BCUT2D eigenvalue weighted by Gasteiger charge is 2.15. The zero-order valence-electron chi connectivity index (χ0n) is 14.1. The van der Waals surface area contributed by atoms with Crippen LogP contribution in [0.1, 0.15) is 17.7 Å². The fraction of sp³-hybridized carbons (Fsp3) is 0.333. The number of nitrogens with one attached hydrogen (secondary N) is 1. The first-order chi connectivity index (χ1) is 12.6. The minimum Gasteiger partial charge on any atom is -0.408 e. The topological polar surface area (TPSA) is 99.1 Å². The molecule has 8 nitrogen and oxygen atoms in total. The van der Waals surface area contributed by atoms with Crippen LogP contribution in [0.25, 0.3) is 11.1 Å². The fourth-order valence-corrected chi connectivity index (χ4v) is 3.26. The number of nitrogens with zero attached hydrogens (tertiary/aromatic N) is 3. The summed E-state index contributed by atoms with van der Waals surface area (Å²) in [6, 6.07) is 8.57. The molecule has 0 radical (unpaired) electrons. The van der Waals surface area contributed by atoms with Crippen molar-refractivity contribution in [3.63, 3.8) is 0 Å². The molecule has 8 heteroatoms. The second-order valence-electron chi connectivity index (χ2n) is 6.30. The number of carbonyl (C=O) groups excluding carboxylic acids is 1. The molecule has 0 spiro atoms. The van der Waals surface area contributed by atoms with Crippen LogP contribution >= 0.6 is 0 Å². The van der Waals surface area contributed by atoms with Gasteiger partial charge in [-0.3, -0.25) is 14.2 Å². The van der Waals surface area contributed by atoms with Gasteiger partial charge in [0.05, 0.1) is 17.8 Å². The molecule has 0 atom stereocenters. The normalized spacial score (nSPS) is 13.1. The summed E-state index contributed by atoms with van der Waals surface area (Å²) in [6.45, 7) is 0.413. The highest BCUT2D eigenvalue weighted by molar-refractivity contribution is 5.79. The van der Waals surface area contributed by atoms with Gasteiger partial charge in [-0.1, -0.05) is 12.1 Å². The van der Waals surface area contributed by atoms with E-state index in [0.717, 1.165) is 30.5 Å². The van der Waals surface area contributed by atoms with Gasteiger partial charge in [0.15, 0.2) is 5.58 Å². The molecule has 134 valence electrons. The van der Waals surface area contributed by atoms with Crippen molar-refractivity contribution in [3.8, 4) is 0 Å². The third-order valence-electron chi connectivity index (χ3n) is 4.55. The van der Waals surface area contributed by atoms with Gasteiger partial charge in [0.25, 0.3) is 5.56 Å². The Hall–Kier alpha value is -3.16. The van der Waals surface area contributed by atoms with Crippen molar-refractivity contribution in [1.82, 2.24) is 19.7 Å². The molecule has 0 unspecified atom stereocenters. The number of fused-ring (bicyclic) bond motifs is 2. The van der Waals surface area contributed by atoms with Crippen LogP contribution < -0.4 is 16.6 Å². The summed E-state index contributed by atoms with van der Waals surface area (Å²) >= 11 is 0. The van der Waals surface area contributed by atoms with Gasteiger partial charge in [-0.2, -0.15) is 5.10 Å². The molecular weight excluding hydrogens is 336 g/mol. The molecule has 0 fully saturated rings. The number of rotatable bonds is 5. The summed E-state index contributed by atoms with van der Waals surface area (Å²) in [5, 5.41) is 7.08. The van der Waals surface area contributed by atoms with Crippen LogP contribution in [0.5, 0.6) is 0 Å². The molecule has 0 aliphatic heterocycles. The van der Waals surface area contributed by atoms with Crippen LogP contribution in [0, 0.1) is 0 Å². The van der Waals surface area contributed by atoms with Gasteiger partial charge in [0, 0.05) is 12.6 Å². The van der Waals surface area contributed by atoms with Crippen LogP contribution in [-0.4, -0.2) is 26.8 Å². The average Bonchev–Trinajstić information content (AvgIpc) is 3.19. The van der Waals surface area contributed by atoms with E-state index in [0.29, 0.717) is 17.6 Å². The SMILES string of the molecule is O=C(Cn1c(=O)oc2ccccc21)NCCn1nc2c(cc1=O)CCC2. The van der Waals surface area contributed by atoms with Crippen molar-refractivity contribution in [2.75, 3.05) is 6.54 Å². The van der Waals surface area contributed by atoms with Crippen molar-refractivity contribution < 1.29 is 9.21 Å². The highest BCUT2D eigenvalue weighted by Crippen LogP contribution is 2.16. The number of amides is 1. The molecule has 3 aromatic rings. The lowest BCUT2D eigenvalue weighted by Gasteiger charge is -2.08. The Kier molecular flexibility index (Phi) is 4.16. The van der Waals surface area contributed by atoms with Crippen LogP contribution in [0.15, 0.2) is 44.3 Å². The van der Waals surface area contributed by atoms with Gasteiger partial charge in [-0.25, -0.2) is 9.48 Å². The summed E-state index contributed by atoms with van der Waals surface area (Å²) < 4.78 is 7.77. The molecule has 1 amide bonds. The quantitative estimate of drug-likeness (QED) is 0.717. The molecule has 1 N–H and O–H groups in total. The maximum absolute atomic E-state index is 12.1. The lowest BCUT2D eigenvalue weighted by Crippen LogP contribution is -2.35. The largest absolute Gasteiger partial charge is 0.420 e. The summed E-state index contributed by atoms with van der Waals surface area (Å²) in [4.78, 5) is 36.1. The zero-order chi connectivity index (χ0) is 18.1. The molecule has 26 heavy (non-hydrogen) atoms. The summed E-state index contributed by atoms with van der Waals surface area (Å²) in [6.07, 6.45) is 2.82. The van der Waals surface area contributed by atoms with E-state index in [9.17, 15) is 14.4 Å². The monoisotopic (exact) mass is 354 g/mol. The summed E-state index contributed by atoms with van der Waals surface area (Å²) in [5.41, 5.74) is 2.86. The number of aryl methyl sites for hydroxylation is 2. The Morgan fingerprint density at radius 1 is 1.23 bits per heavy atom. The molecule has 1 aromatic carbocycles. The number of para-hydroxylation sites is 2. The maximum Gasteiger partial charge on any atom is 0.420 e. The van der Waals surface area contributed by atoms with E-state index in [1.54, 1.807) is 30.3 Å². The minimum absolute atomic E-state index is 0.137. The summed E-state index contributed by atoms with van der Waals surface area (Å²) in [7, 11) is 0. The van der Waals surface area contributed by atoms with E-state index in [1.807, 2.05) is 0 Å². The third kappa shape index (κ3) is 3.05. The Bertz CT molecular complexity index is 1090. The van der Waals surface area contributed by atoms with Gasteiger partial charge in [-0.05, 0) is 37.0 Å². The lowest BCUT2D eigenvalue weighted by atomic mass is 10.2. The van der Waals surface area contributed by atoms with E-state index in [2.05, 4.69) is 10.4 Å². The van der Waals surface area contributed by atoms with E-state index in [4.69, 9.17) is 4.42 Å². The van der Waals surface area contributed by atoms with Crippen molar-refractivity contribution in [3.05, 3.63) is 62.5 Å². The average molecular weight is 354 g/mol. The van der Waals surface area contributed by atoms with Crippen LogP contribution in [0.2, 0.25) is 0 Å². The van der Waals surface area contributed by atoms with E-state index in [1.165, 1.54) is 9.25 Å². The molecule has 0 saturated carbocycles. The number of aromatic nitrogens is 3. The lowest BCUT2D eigenvalue weighted by molar-refractivity contribution is -0.121. The van der Waals surface area contributed by atoms with Crippen molar-refractivity contribution in [1.29, 1.82) is 0 Å². The Morgan fingerprint density at radius 2 is 2.08 bits per heavy atom. The first-order valence-electron chi connectivity index (χ1n) is 8.57. The van der Waals surface area contributed by atoms with Crippen LogP contribution in [0.4, 0.5) is 0 Å². The maximum atomic E-state index is 12.1. The highest BCUT2D eigenvalue weighted by atomic mass is 16.4. The Morgan fingerprint density at radius 3 is 2.96 bits per heavy atom. The predicted molar refractivity (Wildman–Crippen MR) is 94.0 cm³/mol. The minimum atomic E-state index is -0.571. The second-order valence-corrected chi connectivity index (χ2v) is 6.30. The molecule has 2 heterocycles. The fourth-order valence-electron chi connectivity index (χ4n) is 3.26. The number of oxazole rings is 1. The first kappa shape index (κ1) is 16.3. The molecular formula is C18H18N4O4. The molecule has 0 saturated heterocycles. The van der Waals surface area contributed by atoms with Gasteiger partial charge in [0.1, 0.15) is 6.54 Å². The second kappa shape index (κ2) is 6.62. The van der Waals surface area contributed by atoms with Crippen molar-refractivity contribution in [2.45, 2.75) is 32.4 Å². The predicted octanol–water partition coefficient (Wildman–Crippen LogP) is 0.456. The van der Waals surface area contributed by atoms with Gasteiger partial charge >= 0.3 is 5.76 Å². The molecule has 1 aliphatic rings. The molecule has 4 rings (SSSR count). The molecule has 2 aromatic heterocycles. The van der Waals surface area contributed by atoms with E-state index < -0.39 is 5.76 Å². The number of benzene rings is 1. The van der Waals surface area contributed by atoms with Crippen molar-refractivity contribution in [2.24, 2.45) is 0 Å². The van der Waals surface area contributed by atoms with Crippen LogP contribution in [-0.2, 0) is 30.7 Å².